The summed E-state index contributed by atoms with van der Waals surface area (Å²) in [6.45, 7) is 10.9. The third-order valence-corrected chi connectivity index (χ3v) is 6.40. The van der Waals surface area contributed by atoms with Gasteiger partial charge >= 0.3 is 5.97 Å². The fourth-order valence-corrected chi connectivity index (χ4v) is 4.22. The molecule has 7 nitrogen and oxygen atoms in total. The second-order valence-electron chi connectivity index (χ2n) is 7.36. The van der Waals surface area contributed by atoms with Gasteiger partial charge in [0.05, 0.1) is 18.4 Å². The molecule has 2 rings (SSSR count). The molecule has 1 aromatic heterocycles. The smallest absolute Gasteiger partial charge is 0.358 e. The molecule has 142 valence electrons. The minimum Gasteiger partial charge on any atom is -0.461 e. The van der Waals surface area contributed by atoms with Crippen LogP contribution in [0.2, 0.25) is 0 Å². The maximum absolute atomic E-state index is 12.1. The van der Waals surface area contributed by atoms with E-state index >= 15 is 0 Å². The van der Waals surface area contributed by atoms with Gasteiger partial charge in [-0.2, -0.15) is 5.10 Å². The minimum absolute atomic E-state index is 0.0840. The molecule has 1 saturated heterocycles. The fraction of sp³-hybridized carbons (Fsp3) is 0.765. The number of carbonyl (C=O) groups excluding carboxylic acids is 1. The summed E-state index contributed by atoms with van der Waals surface area (Å²) in [5.41, 5.74) is 1.10. The first-order valence-electron chi connectivity index (χ1n) is 8.85. The molecule has 25 heavy (non-hydrogen) atoms. The number of piperidine rings is 1. The molecule has 0 amide bonds. The van der Waals surface area contributed by atoms with E-state index in [-0.39, 0.29) is 17.2 Å². The maximum Gasteiger partial charge on any atom is 0.358 e. The Hall–Kier alpha value is -1.41. The predicted octanol–water partition coefficient (Wildman–Crippen LogP) is 2.34. The summed E-state index contributed by atoms with van der Waals surface area (Å²) in [4.78, 5) is 12.1. The van der Waals surface area contributed by atoms with Crippen molar-refractivity contribution in [1.82, 2.24) is 14.1 Å². The van der Waals surface area contributed by atoms with Gasteiger partial charge in [0.2, 0.25) is 10.0 Å². The zero-order valence-electron chi connectivity index (χ0n) is 15.8. The molecule has 1 aliphatic rings. The average Bonchev–Trinajstić information content (AvgIpc) is 3.01. The Morgan fingerprint density at radius 2 is 1.88 bits per heavy atom. The van der Waals surface area contributed by atoms with Crippen LogP contribution in [0.3, 0.4) is 0 Å². The molecular formula is C17H29N3O4S. The first-order chi connectivity index (χ1) is 11.6. The highest BCUT2D eigenvalue weighted by Crippen LogP contribution is 2.31. The van der Waals surface area contributed by atoms with Crippen LogP contribution in [0, 0.1) is 0 Å². The molecular weight excluding hydrogens is 342 g/mol. The van der Waals surface area contributed by atoms with E-state index in [2.05, 4.69) is 25.9 Å². The van der Waals surface area contributed by atoms with Crippen LogP contribution in [0.1, 0.15) is 69.7 Å². The van der Waals surface area contributed by atoms with Gasteiger partial charge < -0.3 is 4.74 Å². The molecule has 0 saturated carbocycles. The second kappa shape index (κ2) is 7.45. The SMILES string of the molecule is CCOC(=O)c1cc(C(C)(C)C)n(C2CCN(S(=O)(=O)CC)CC2)n1. The average molecular weight is 372 g/mol. The van der Waals surface area contributed by atoms with Crippen LogP contribution in [-0.2, 0) is 20.2 Å². The van der Waals surface area contributed by atoms with Gasteiger partial charge in [-0.05, 0) is 32.8 Å². The van der Waals surface area contributed by atoms with E-state index in [1.807, 2.05) is 4.68 Å². The molecule has 1 aromatic rings. The number of esters is 1. The minimum atomic E-state index is -3.15. The van der Waals surface area contributed by atoms with Crippen molar-refractivity contribution in [3.8, 4) is 0 Å². The monoisotopic (exact) mass is 371 g/mol. The number of sulfonamides is 1. The number of ether oxygens (including phenoxy) is 1. The maximum atomic E-state index is 12.1. The van der Waals surface area contributed by atoms with Crippen molar-refractivity contribution in [2.45, 2.75) is 58.9 Å². The lowest BCUT2D eigenvalue weighted by atomic mass is 9.91. The van der Waals surface area contributed by atoms with Gasteiger partial charge in [0.1, 0.15) is 0 Å². The van der Waals surface area contributed by atoms with Crippen LogP contribution < -0.4 is 0 Å². The van der Waals surface area contributed by atoms with Gasteiger partial charge in [0.25, 0.3) is 0 Å². The molecule has 1 aliphatic heterocycles. The van der Waals surface area contributed by atoms with Crippen molar-refractivity contribution in [1.29, 1.82) is 0 Å². The van der Waals surface area contributed by atoms with E-state index < -0.39 is 16.0 Å². The quantitative estimate of drug-likeness (QED) is 0.742. The summed E-state index contributed by atoms with van der Waals surface area (Å²) >= 11 is 0. The normalized spacial score (nSPS) is 17.6. The summed E-state index contributed by atoms with van der Waals surface area (Å²) in [6.07, 6.45) is 1.37. The molecule has 2 heterocycles. The van der Waals surface area contributed by atoms with E-state index in [0.29, 0.717) is 38.2 Å². The predicted molar refractivity (Wildman–Crippen MR) is 96.2 cm³/mol. The largest absolute Gasteiger partial charge is 0.461 e. The van der Waals surface area contributed by atoms with E-state index in [0.717, 1.165) is 5.69 Å². The van der Waals surface area contributed by atoms with Gasteiger partial charge in [0.15, 0.2) is 5.69 Å². The topological polar surface area (TPSA) is 81.5 Å². The molecule has 0 bridgehead atoms. The standard InChI is InChI=1S/C17H29N3O4S/c1-6-24-16(21)14-12-15(17(3,4)5)20(18-14)13-8-10-19(11-9-13)25(22,23)7-2/h12-13H,6-11H2,1-5H3. The summed E-state index contributed by atoms with van der Waals surface area (Å²) in [5, 5.41) is 4.50. The summed E-state index contributed by atoms with van der Waals surface area (Å²) in [6, 6.07) is 1.88. The Morgan fingerprint density at radius 3 is 2.36 bits per heavy atom. The lowest BCUT2D eigenvalue weighted by molar-refractivity contribution is 0.0517. The Bertz CT molecular complexity index is 711. The Kier molecular flexibility index (Phi) is 5.93. The molecule has 0 atom stereocenters. The van der Waals surface area contributed by atoms with Gasteiger partial charge in [-0.25, -0.2) is 17.5 Å². The number of hydrogen-bond acceptors (Lipinski definition) is 5. The molecule has 0 unspecified atom stereocenters. The zero-order valence-corrected chi connectivity index (χ0v) is 16.6. The van der Waals surface area contributed by atoms with Gasteiger partial charge in [-0.1, -0.05) is 20.8 Å². The van der Waals surface area contributed by atoms with Crippen LogP contribution in [0.25, 0.3) is 0 Å². The summed E-state index contributed by atoms with van der Waals surface area (Å²) in [5.74, 6) is -0.294. The van der Waals surface area contributed by atoms with Crippen LogP contribution in [0.4, 0.5) is 0 Å². The first kappa shape index (κ1) is 19.9. The Morgan fingerprint density at radius 1 is 1.28 bits per heavy atom. The van der Waals surface area contributed by atoms with Gasteiger partial charge in [-0.3, -0.25) is 4.68 Å². The first-order valence-corrected chi connectivity index (χ1v) is 10.5. The number of aromatic nitrogens is 2. The number of nitrogens with zero attached hydrogens (tertiary/aromatic N) is 3. The summed E-state index contributed by atoms with van der Waals surface area (Å²) in [7, 11) is -3.15. The molecule has 0 N–H and O–H groups in total. The van der Waals surface area contributed by atoms with E-state index in [1.165, 1.54) is 0 Å². The highest BCUT2D eigenvalue weighted by atomic mass is 32.2. The van der Waals surface area contributed by atoms with Crippen molar-refractivity contribution < 1.29 is 17.9 Å². The fourth-order valence-electron chi connectivity index (χ4n) is 3.09. The summed E-state index contributed by atoms with van der Waals surface area (Å²) < 4.78 is 32.6. The van der Waals surface area contributed by atoms with Crippen LogP contribution in [0.5, 0.6) is 0 Å². The molecule has 8 heteroatoms. The third-order valence-electron chi connectivity index (χ3n) is 4.52. The lowest BCUT2D eigenvalue weighted by Crippen LogP contribution is -2.40. The molecule has 0 spiro atoms. The molecule has 1 fully saturated rings. The van der Waals surface area contributed by atoms with Crippen molar-refractivity contribution in [2.75, 3.05) is 25.4 Å². The Balaban J connectivity index is 2.26. The lowest BCUT2D eigenvalue weighted by Gasteiger charge is -2.33. The van der Waals surface area contributed by atoms with E-state index in [4.69, 9.17) is 4.74 Å². The van der Waals surface area contributed by atoms with Crippen LogP contribution >= 0.6 is 0 Å². The second-order valence-corrected chi connectivity index (χ2v) is 9.62. The van der Waals surface area contributed by atoms with E-state index in [9.17, 15) is 13.2 Å². The number of rotatable bonds is 5. The molecule has 0 aliphatic carbocycles. The van der Waals surface area contributed by atoms with Crippen LogP contribution in [0.15, 0.2) is 6.07 Å². The molecule has 0 aromatic carbocycles. The van der Waals surface area contributed by atoms with Crippen molar-refractivity contribution in [3.63, 3.8) is 0 Å². The number of carbonyl (C=O) groups is 1. The highest BCUT2D eigenvalue weighted by molar-refractivity contribution is 7.89. The Labute approximate surface area is 150 Å². The van der Waals surface area contributed by atoms with Crippen molar-refractivity contribution in [2.24, 2.45) is 0 Å². The molecule has 0 radical (unpaired) electrons. The van der Waals surface area contributed by atoms with E-state index in [1.54, 1.807) is 24.2 Å². The van der Waals surface area contributed by atoms with Gasteiger partial charge in [-0.15, -0.1) is 0 Å². The third kappa shape index (κ3) is 4.41. The van der Waals surface area contributed by atoms with Crippen molar-refractivity contribution in [3.05, 3.63) is 17.5 Å². The van der Waals surface area contributed by atoms with Crippen molar-refractivity contribution >= 4 is 16.0 Å². The number of hydrogen-bond donors (Lipinski definition) is 0. The highest BCUT2D eigenvalue weighted by Gasteiger charge is 2.32. The van der Waals surface area contributed by atoms with Crippen LogP contribution in [-0.4, -0.2) is 53.9 Å². The zero-order chi connectivity index (χ0) is 18.8. The van der Waals surface area contributed by atoms with Gasteiger partial charge in [0, 0.05) is 24.2 Å².